The van der Waals surface area contributed by atoms with Crippen molar-refractivity contribution in [1.82, 2.24) is 10.3 Å². The summed E-state index contributed by atoms with van der Waals surface area (Å²) in [5.41, 5.74) is 3.17. The molecule has 1 aromatic carbocycles. The molecule has 3 heteroatoms. The van der Waals surface area contributed by atoms with Crippen LogP contribution in [0.2, 0.25) is 0 Å². The predicted octanol–water partition coefficient (Wildman–Crippen LogP) is 3.60. The molecule has 0 aliphatic carbocycles. The molecule has 0 saturated heterocycles. The summed E-state index contributed by atoms with van der Waals surface area (Å²) in [5, 5.41) is 3.30. The van der Waals surface area contributed by atoms with Gasteiger partial charge in [-0.2, -0.15) is 0 Å². The topological polar surface area (TPSA) is 34.2 Å². The highest BCUT2D eigenvalue weighted by Gasteiger charge is 2.07. The van der Waals surface area contributed by atoms with Crippen LogP contribution < -0.4 is 10.1 Å². The maximum Gasteiger partial charge on any atom is 0.135 e. The molecule has 0 unspecified atom stereocenters. The molecule has 0 spiro atoms. The van der Waals surface area contributed by atoms with Crippen LogP contribution in [0.15, 0.2) is 36.5 Å². The number of nitrogens with one attached hydrogen (secondary N) is 1. The second kappa shape index (κ2) is 6.34. The van der Waals surface area contributed by atoms with Crippen LogP contribution in [-0.4, -0.2) is 11.5 Å². The number of para-hydroxylation sites is 1. The summed E-state index contributed by atoms with van der Waals surface area (Å²) in [6.45, 7) is 7.81. The van der Waals surface area contributed by atoms with Crippen LogP contribution in [0.25, 0.3) is 0 Å². The minimum Gasteiger partial charge on any atom is -0.457 e. The Morgan fingerprint density at radius 3 is 2.68 bits per heavy atom. The molecular weight excluding hydrogens is 236 g/mol. The monoisotopic (exact) mass is 256 g/mol. The second-order valence-corrected chi connectivity index (χ2v) is 4.58. The van der Waals surface area contributed by atoms with Crippen LogP contribution in [0.4, 0.5) is 0 Å². The number of ether oxygens (including phenoxy) is 1. The molecule has 0 bridgehead atoms. The Morgan fingerprint density at radius 2 is 1.95 bits per heavy atom. The first-order valence-electron chi connectivity index (χ1n) is 6.60. The summed E-state index contributed by atoms with van der Waals surface area (Å²) in [5.74, 6) is 1.77. The number of rotatable bonds is 5. The van der Waals surface area contributed by atoms with Crippen molar-refractivity contribution in [3.8, 4) is 11.5 Å². The minimum atomic E-state index is 0.769. The molecule has 0 aliphatic heterocycles. The van der Waals surface area contributed by atoms with Crippen LogP contribution in [-0.2, 0) is 6.54 Å². The van der Waals surface area contributed by atoms with Crippen molar-refractivity contribution >= 4 is 0 Å². The number of benzene rings is 1. The van der Waals surface area contributed by atoms with Crippen LogP contribution >= 0.6 is 0 Å². The third-order valence-corrected chi connectivity index (χ3v) is 2.96. The molecule has 2 aromatic rings. The van der Waals surface area contributed by atoms with Gasteiger partial charge in [0.2, 0.25) is 0 Å². The van der Waals surface area contributed by atoms with Crippen LogP contribution in [0.3, 0.4) is 0 Å². The Hall–Kier alpha value is -1.87. The molecular formula is C16H20N2O. The van der Waals surface area contributed by atoms with Crippen LogP contribution in [0, 0.1) is 13.8 Å². The van der Waals surface area contributed by atoms with Crippen molar-refractivity contribution in [3.63, 3.8) is 0 Å². The summed E-state index contributed by atoms with van der Waals surface area (Å²) in [6.07, 6.45) is 1.88. The number of pyridine rings is 1. The Morgan fingerprint density at radius 1 is 1.16 bits per heavy atom. The fraction of sp³-hybridized carbons (Fsp3) is 0.312. The molecule has 0 fully saturated rings. The van der Waals surface area contributed by atoms with Gasteiger partial charge in [-0.15, -0.1) is 0 Å². The molecule has 0 radical (unpaired) electrons. The van der Waals surface area contributed by atoms with Gasteiger partial charge in [-0.3, -0.25) is 4.98 Å². The molecule has 2 rings (SSSR count). The predicted molar refractivity (Wildman–Crippen MR) is 77.6 cm³/mol. The maximum absolute atomic E-state index is 6.04. The van der Waals surface area contributed by atoms with E-state index in [2.05, 4.69) is 17.2 Å². The van der Waals surface area contributed by atoms with E-state index in [1.807, 2.05) is 50.4 Å². The number of hydrogen-bond donors (Lipinski definition) is 1. The van der Waals surface area contributed by atoms with Crippen LogP contribution in [0.5, 0.6) is 11.5 Å². The van der Waals surface area contributed by atoms with Gasteiger partial charge in [-0.25, -0.2) is 0 Å². The summed E-state index contributed by atoms with van der Waals surface area (Å²) < 4.78 is 6.04. The number of hydrogen-bond acceptors (Lipinski definition) is 3. The molecule has 1 N–H and O–H groups in total. The largest absolute Gasteiger partial charge is 0.457 e. The summed E-state index contributed by atoms with van der Waals surface area (Å²) in [7, 11) is 0. The zero-order chi connectivity index (χ0) is 13.7. The molecule has 19 heavy (non-hydrogen) atoms. The van der Waals surface area contributed by atoms with Gasteiger partial charge in [0.25, 0.3) is 0 Å². The Balaban J connectivity index is 2.27. The summed E-state index contributed by atoms with van der Waals surface area (Å²) >= 11 is 0. The SMILES string of the molecule is CCNCc1cnc(C)cc1Oc1ccccc1C. The van der Waals surface area contributed by atoms with Gasteiger partial charge in [0, 0.05) is 30.1 Å². The van der Waals surface area contributed by atoms with Gasteiger partial charge in [0.15, 0.2) is 0 Å². The van der Waals surface area contributed by atoms with E-state index in [1.165, 1.54) is 0 Å². The van der Waals surface area contributed by atoms with Crippen molar-refractivity contribution in [3.05, 3.63) is 53.3 Å². The van der Waals surface area contributed by atoms with Gasteiger partial charge in [-0.1, -0.05) is 25.1 Å². The second-order valence-electron chi connectivity index (χ2n) is 4.58. The van der Waals surface area contributed by atoms with Gasteiger partial charge in [0.1, 0.15) is 11.5 Å². The van der Waals surface area contributed by atoms with Crippen molar-refractivity contribution in [2.24, 2.45) is 0 Å². The van der Waals surface area contributed by atoms with Gasteiger partial charge >= 0.3 is 0 Å². The average molecular weight is 256 g/mol. The van der Waals surface area contributed by atoms with Crippen molar-refractivity contribution in [1.29, 1.82) is 0 Å². The molecule has 0 saturated carbocycles. The van der Waals surface area contributed by atoms with E-state index < -0.39 is 0 Å². The van der Waals surface area contributed by atoms with E-state index in [4.69, 9.17) is 4.74 Å². The molecule has 1 heterocycles. The zero-order valence-electron chi connectivity index (χ0n) is 11.7. The fourth-order valence-electron chi connectivity index (χ4n) is 1.84. The zero-order valence-corrected chi connectivity index (χ0v) is 11.7. The highest BCUT2D eigenvalue weighted by atomic mass is 16.5. The molecule has 0 atom stereocenters. The summed E-state index contributed by atoms with van der Waals surface area (Å²) in [6, 6.07) is 10.0. The lowest BCUT2D eigenvalue weighted by Gasteiger charge is -2.13. The Labute approximate surface area is 114 Å². The lowest BCUT2D eigenvalue weighted by atomic mass is 10.2. The standard InChI is InChI=1S/C16H20N2O/c1-4-17-10-14-11-18-13(3)9-16(14)19-15-8-6-5-7-12(15)2/h5-9,11,17H,4,10H2,1-3H3. The highest BCUT2D eigenvalue weighted by Crippen LogP contribution is 2.27. The highest BCUT2D eigenvalue weighted by molar-refractivity contribution is 5.40. The smallest absolute Gasteiger partial charge is 0.135 e. The van der Waals surface area contributed by atoms with Crippen molar-refractivity contribution in [2.75, 3.05) is 6.54 Å². The average Bonchev–Trinajstić information content (AvgIpc) is 2.40. The molecule has 0 aliphatic rings. The molecule has 0 amide bonds. The van der Waals surface area contributed by atoms with E-state index in [-0.39, 0.29) is 0 Å². The number of nitrogens with zero attached hydrogens (tertiary/aromatic N) is 1. The van der Waals surface area contributed by atoms with Crippen molar-refractivity contribution in [2.45, 2.75) is 27.3 Å². The number of aryl methyl sites for hydroxylation is 2. The van der Waals surface area contributed by atoms with E-state index in [1.54, 1.807) is 0 Å². The van der Waals surface area contributed by atoms with Gasteiger partial charge < -0.3 is 10.1 Å². The third kappa shape index (κ3) is 3.55. The molecule has 1 aromatic heterocycles. The van der Waals surface area contributed by atoms with Gasteiger partial charge in [0.05, 0.1) is 0 Å². The Kier molecular flexibility index (Phi) is 4.53. The van der Waals surface area contributed by atoms with E-state index in [0.717, 1.165) is 41.4 Å². The van der Waals surface area contributed by atoms with Crippen LogP contribution in [0.1, 0.15) is 23.7 Å². The molecule has 100 valence electrons. The lowest BCUT2D eigenvalue weighted by Crippen LogP contribution is -2.12. The van der Waals surface area contributed by atoms with Crippen molar-refractivity contribution < 1.29 is 4.74 Å². The minimum absolute atomic E-state index is 0.769. The first-order valence-corrected chi connectivity index (χ1v) is 6.60. The van der Waals surface area contributed by atoms with E-state index in [0.29, 0.717) is 0 Å². The first-order chi connectivity index (χ1) is 9.20. The summed E-state index contributed by atoms with van der Waals surface area (Å²) in [4.78, 5) is 4.34. The van der Waals surface area contributed by atoms with Gasteiger partial charge in [-0.05, 0) is 32.0 Å². The fourth-order valence-corrected chi connectivity index (χ4v) is 1.84. The maximum atomic E-state index is 6.04. The molecule has 3 nitrogen and oxygen atoms in total. The first kappa shape index (κ1) is 13.6. The Bertz CT molecular complexity index is 552. The van der Waals surface area contributed by atoms with E-state index >= 15 is 0 Å². The van der Waals surface area contributed by atoms with E-state index in [9.17, 15) is 0 Å². The lowest BCUT2D eigenvalue weighted by molar-refractivity contribution is 0.468. The third-order valence-electron chi connectivity index (χ3n) is 2.96. The quantitative estimate of drug-likeness (QED) is 0.887. The normalized spacial score (nSPS) is 10.5. The number of aromatic nitrogens is 1.